The summed E-state index contributed by atoms with van der Waals surface area (Å²) in [4.78, 5) is 41.5. The van der Waals surface area contributed by atoms with E-state index in [-0.39, 0.29) is 11.8 Å². The van der Waals surface area contributed by atoms with E-state index in [1.165, 1.54) is 7.11 Å². The zero-order valence-corrected chi connectivity index (χ0v) is 21.6. The molecule has 190 valence electrons. The minimum atomic E-state index is -0.583. The number of nitrogens with zero attached hydrogens (tertiary/aromatic N) is 1. The molecule has 0 radical (unpaired) electrons. The molecule has 0 saturated carbocycles. The van der Waals surface area contributed by atoms with E-state index in [2.05, 4.69) is 15.6 Å². The van der Waals surface area contributed by atoms with Crippen LogP contribution >= 0.6 is 0 Å². The number of carbonyl (C=O) groups excluding carboxylic acids is 3. The van der Waals surface area contributed by atoms with Crippen molar-refractivity contribution in [3.05, 3.63) is 65.5 Å². The molecular formula is C28H33N3O5. The van der Waals surface area contributed by atoms with Gasteiger partial charge in [0.25, 0.3) is 5.91 Å². The van der Waals surface area contributed by atoms with Crippen molar-refractivity contribution in [1.82, 2.24) is 5.32 Å². The fourth-order valence-electron chi connectivity index (χ4n) is 3.82. The van der Waals surface area contributed by atoms with E-state index in [0.717, 1.165) is 29.5 Å². The lowest BCUT2D eigenvalue weighted by atomic mass is 9.98. The van der Waals surface area contributed by atoms with Crippen LogP contribution in [0.25, 0.3) is 11.1 Å². The number of allylic oxidation sites excluding steroid dienone is 1. The highest BCUT2D eigenvalue weighted by Crippen LogP contribution is 2.26. The van der Waals surface area contributed by atoms with Crippen LogP contribution in [0.15, 0.2) is 59.4 Å². The van der Waals surface area contributed by atoms with Crippen LogP contribution in [0, 0.1) is 12.8 Å². The number of anilines is 1. The number of hydrogen-bond donors (Lipinski definition) is 2. The topological polar surface area (TPSA) is 106 Å². The Morgan fingerprint density at radius 1 is 1.00 bits per heavy atom. The summed E-state index contributed by atoms with van der Waals surface area (Å²) in [6.45, 7) is 9.29. The van der Waals surface area contributed by atoms with Crippen molar-refractivity contribution in [3.8, 4) is 11.1 Å². The molecule has 0 bridgehead atoms. The van der Waals surface area contributed by atoms with E-state index in [1.807, 2.05) is 44.2 Å². The summed E-state index contributed by atoms with van der Waals surface area (Å²) in [6.07, 6.45) is 2.88. The highest BCUT2D eigenvalue weighted by Gasteiger charge is 2.28. The van der Waals surface area contributed by atoms with Crippen LogP contribution in [0.1, 0.15) is 56.5 Å². The van der Waals surface area contributed by atoms with Crippen LogP contribution < -0.4 is 10.6 Å². The third-order valence-corrected chi connectivity index (χ3v) is 5.53. The van der Waals surface area contributed by atoms with Crippen LogP contribution in [0.4, 0.5) is 10.5 Å². The maximum absolute atomic E-state index is 13.1. The van der Waals surface area contributed by atoms with Crippen molar-refractivity contribution < 1.29 is 23.9 Å². The van der Waals surface area contributed by atoms with Crippen LogP contribution in [-0.4, -0.2) is 36.4 Å². The standard InChI is InChI=1S/C28H33N3O5/c1-7-8-20-16-23(30-24(20)26(33)35-6)31-25(32)22-15-19(10-9-17(22)2)18-11-13-21(14-12-18)29-27(34)36-28(3,4)5/h9-16,20H,7-8H2,1-6H3,(H,29,34)(H,31,32)/t20-/m1/s1. The molecule has 3 rings (SSSR count). The third kappa shape index (κ3) is 6.81. The zero-order chi connectivity index (χ0) is 26.5. The number of amides is 2. The molecule has 2 aromatic rings. The summed E-state index contributed by atoms with van der Waals surface area (Å²) in [5.74, 6) is -0.634. The lowest BCUT2D eigenvalue weighted by Gasteiger charge is -2.19. The number of aliphatic imine (C=N–C) groups is 1. The van der Waals surface area contributed by atoms with Crippen LogP contribution in [0.2, 0.25) is 0 Å². The first-order valence-corrected chi connectivity index (χ1v) is 11.9. The van der Waals surface area contributed by atoms with E-state index < -0.39 is 17.7 Å². The second-order valence-electron chi connectivity index (χ2n) is 9.62. The number of hydrogen-bond acceptors (Lipinski definition) is 6. The van der Waals surface area contributed by atoms with Gasteiger partial charge < -0.3 is 14.8 Å². The number of nitrogens with one attached hydrogen (secondary N) is 2. The molecule has 2 N–H and O–H groups in total. The van der Waals surface area contributed by atoms with Gasteiger partial charge in [0.1, 0.15) is 17.1 Å². The Kier molecular flexibility index (Phi) is 8.29. The molecule has 1 heterocycles. The number of benzene rings is 2. The van der Waals surface area contributed by atoms with Gasteiger partial charge in [0.05, 0.1) is 7.11 Å². The Balaban J connectivity index is 1.76. The predicted octanol–water partition coefficient (Wildman–Crippen LogP) is 5.62. The third-order valence-electron chi connectivity index (χ3n) is 5.53. The molecule has 2 aromatic carbocycles. The van der Waals surface area contributed by atoms with E-state index >= 15 is 0 Å². The summed E-state index contributed by atoms with van der Waals surface area (Å²) in [5, 5.41) is 5.53. The highest BCUT2D eigenvalue weighted by atomic mass is 16.6. The van der Waals surface area contributed by atoms with Crippen molar-refractivity contribution in [1.29, 1.82) is 0 Å². The smallest absolute Gasteiger partial charge is 0.412 e. The van der Waals surface area contributed by atoms with Crippen LogP contribution in [-0.2, 0) is 14.3 Å². The van der Waals surface area contributed by atoms with Gasteiger partial charge in [-0.1, -0.05) is 37.6 Å². The predicted molar refractivity (Wildman–Crippen MR) is 140 cm³/mol. The van der Waals surface area contributed by atoms with E-state index in [0.29, 0.717) is 22.8 Å². The number of aryl methyl sites for hydroxylation is 1. The number of carbonyl (C=O) groups is 3. The molecule has 1 aliphatic heterocycles. The van der Waals surface area contributed by atoms with Gasteiger partial charge in [-0.3, -0.25) is 10.1 Å². The van der Waals surface area contributed by atoms with Crippen molar-refractivity contribution in [3.63, 3.8) is 0 Å². The van der Waals surface area contributed by atoms with E-state index in [4.69, 9.17) is 9.47 Å². The first-order valence-electron chi connectivity index (χ1n) is 11.9. The first-order chi connectivity index (χ1) is 17.0. The minimum Gasteiger partial charge on any atom is -0.465 e. The fraction of sp³-hybridized carbons (Fsp3) is 0.357. The summed E-state index contributed by atoms with van der Waals surface area (Å²) in [7, 11) is 1.32. The van der Waals surface area contributed by atoms with E-state index in [9.17, 15) is 14.4 Å². The molecule has 0 spiro atoms. The summed E-state index contributed by atoms with van der Waals surface area (Å²) in [5.41, 5.74) is 3.36. The number of rotatable bonds is 7. The largest absolute Gasteiger partial charge is 0.465 e. The highest BCUT2D eigenvalue weighted by molar-refractivity contribution is 6.38. The van der Waals surface area contributed by atoms with Gasteiger partial charge in [0.2, 0.25) is 0 Å². The van der Waals surface area contributed by atoms with Crippen LogP contribution in [0.5, 0.6) is 0 Å². The normalized spacial score (nSPS) is 15.0. The molecule has 8 nitrogen and oxygen atoms in total. The lowest BCUT2D eigenvalue weighted by molar-refractivity contribution is -0.133. The van der Waals surface area contributed by atoms with Gasteiger partial charge in [-0.05, 0) is 75.1 Å². The molecule has 0 unspecified atom stereocenters. The first kappa shape index (κ1) is 26.7. The average molecular weight is 492 g/mol. The molecule has 8 heteroatoms. The maximum atomic E-state index is 13.1. The minimum absolute atomic E-state index is 0.182. The maximum Gasteiger partial charge on any atom is 0.412 e. The summed E-state index contributed by atoms with van der Waals surface area (Å²) < 4.78 is 10.1. The molecule has 0 aromatic heterocycles. The summed E-state index contributed by atoms with van der Waals surface area (Å²) in [6, 6.07) is 12.9. The summed E-state index contributed by atoms with van der Waals surface area (Å²) >= 11 is 0. The molecule has 0 aliphatic carbocycles. The van der Waals surface area contributed by atoms with Crippen LogP contribution in [0.3, 0.4) is 0 Å². The lowest BCUT2D eigenvalue weighted by Crippen LogP contribution is -2.27. The van der Waals surface area contributed by atoms with Crippen molar-refractivity contribution in [2.45, 2.75) is 53.1 Å². The van der Waals surface area contributed by atoms with Crippen molar-refractivity contribution in [2.24, 2.45) is 10.9 Å². The van der Waals surface area contributed by atoms with Gasteiger partial charge in [0.15, 0.2) is 0 Å². The van der Waals surface area contributed by atoms with Gasteiger partial charge in [-0.2, -0.15) is 0 Å². The number of methoxy groups -OCH3 is 1. The molecule has 0 saturated heterocycles. The van der Waals surface area contributed by atoms with Crippen molar-refractivity contribution in [2.75, 3.05) is 12.4 Å². The molecular weight excluding hydrogens is 458 g/mol. The quantitative estimate of drug-likeness (QED) is 0.489. The Morgan fingerprint density at radius 3 is 2.28 bits per heavy atom. The Hall–Kier alpha value is -3.94. The number of esters is 1. The molecule has 1 aliphatic rings. The monoisotopic (exact) mass is 491 g/mol. The molecule has 0 fully saturated rings. The molecule has 36 heavy (non-hydrogen) atoms. The Bertz CT molecular complexity index is 1210. The van der Waals surface area contributed by atoms with Crippen molar-refractivity contribution >= 4 is 29.4 Å². The fourth-order valence-corrected chi connectivity index (χ4v) is 3.82. The Labute approximate surface area is 211 Å². The Morgan fingerprint density at radius 2 is 1.67 bits per heavy atom. The second kappa shape index (κ2) is 11.2. The zero-order valence-electron chi connectivity index (χ0n) is 21.6. The van der Waals surface area contributed by atoms with Gasteiger partial charge >= 0.3 is 12.1 Å². The van der Waals surface area contributed by atoms with Gasteiger partial charge in [-0.25, -0.2) is 14.6 Å². The molecule has 2 amide bonds. The molecule has 1 atom stereocenters. The number of ether oxygens (including phenoxy) is 2. The van der Waals surface area contributed by atoms with E-state index in [1.54, 1.807) is 39.0 Å². The SMILES string of the molecule is CCC[C@@H]1C=C(NC(=O)c2cc(-c3ccc(NC(=O)OC(C)(C)C)cc3)ccc2C)N=C1C(=O)OC. The average Bonchev–Trinajstić information content (AvgIpc) is 3.20. The van der Waals surface area contributed by atoms with Gasteiger partial charge in [0, 0.05) is 17.2 Å². The van der Waals surface area contributed by atoms with Gasteiger partial charge in [-0.15, -0.1) is 0 Å². The second-order valence-corrected chi connectivity index (χ2v) is 9.62.